The second-order valence-electron chi connectivity index (χ2n) is 8.21. The Kier molecular flexibility index (Phi) is 7.39. The van der Waals surface area contributed by atoms with Crippen molar-refractivity contribution in [3.8, 4) is 0 Å². The van der Waals surface area contributed by atoms with Crippen LogP contribution in [0.5, 0.6) is 0 Å². The predicted octanol–water partition coefficient (Wildman–Crippen LogP) is 4.57. The molecule has 0 aliphatic carbocycles. The Balaban J connectivity index is 2.96. The van der Waals surface area contributed by atoms with Gasteiger partial charge in [0.15, 0.2) is 0 Å². The number of rotatable bonds is 8. The highest BCUT2D eigenvalue weighted by Gasteiger charge is 2.39. The van der Waals surface area contributed by atoms with E-state index in [0.29, 0.717) is 0 Å². The average molecular weight is 397 g/mol. The van der Waals surface area contributed by atoms with Crippen LogP contribution >= 0.6 is 0 Å². The van der Waals surface area contributed by atoms with Gasteiger partial charge in [0.25, 0.3) is 8.32 Å². The summed E-state index contributed by atoms with van der Waals surface area (Å²) in [5.74, 6) is 0. The summed E-state index contributed by atoms with van der Waals surface area (Å²) < 4.78 is 32.9. The fourth-order valence-corrected chi connectivity index (χ4v) is 3.88. The Morgan fingerprint density at radius 1 is 1.27 bits per heavy atom. The molecule has 146 valence electrons. The van der Waals surface area contributed by atoms with Crippen molar-refractivity contribution in [3.63, 3.8) is 0 Å². The first-order valence-corrected chi connectivity index (χ1v) is 13.0. The van der Waals surface area contributed by atoms with Gasteiger partial charge in [-0.2, -0.15) is 4.31 Å². The SMILES string of the molecule is C=C(C)CN(C/C=N/O[Si](C)(C)C(C)(C)C)S(=O)(=O)c1ccc(C)cc1. The lowest BCUT2D eigenvalue weighted by Gasteiger charge is -2.33. The zero-order valence-electron chi connectivity index (χ0n) is 17.0. The van der Waals surface area contributed by atoms with Crippen molar-refractivity contribution < 1.29 is 12.9 Å². The third-order valence-electron chi connectivity index (χ3n) is 4.55. The summed E-state index contributed by atoms with van der Waals surface area (Å²) in [6, 6.07) is 6.83. The molecule has 1 rings (SSSR count). The molecule has 0 aliphatic rings. The van der Waals surface area contributed by atoms with E-state index < -0.39 is 18.3 Å². The molecule has 0 heterocycles. The topological polar surface area (TPSA) is 59.0 Å². The molecule has 26 heavy (non-hydrogen) atoms. The number of hydrogen-bond acceptors (Lipinski definition) is 4. The maximum Gasteiger partial charge on any atom is 0.286 e. The minimum atomic E-state index is -3.62. The van der Waals surface area contributed by atoms with Gasteiger partial charge in [-0.25, -0.2) is 8.42 Å². The zero-order valence-corrected chi connectivity index (χ0v) is 18.9. The summed E-state index contributed by atoms with van der Waals surface area (Å²) in [4.78, 5) is 0.267. The van der Waals surface area contributed by atoms with Crippen LogP contribution in [0.1, 0.15) is 33.3 Å². The molecule has 5 nitrogen and oxygen atoms in total. The molecule has 0 spiro atoms. The first-order chi connectivity index (χ1) is 11.8. The second-order valence-corrected chi connectivity index (χ2v) is 14.8. The van der Waals surface area contributed by atoms with Crippen LogP contribution in [0, 0.1) is 6.92 Å². The molecular weight excluding hydrogens is 364 g/mol. The largest absolute Gasteiger partial charge is 0.455 e. The van der Waals surface area contributed by atoms with E-state index in [4.69, 9.17) is 4.53 Å². The Morgan fingerprint density at radius 3 is 2.27 bits per heavy atom. The van der Waals surface area contributed by atoms with Gasteiger partial charge in [-0.3, -0.25) is 0 Å². The molecule has 0 aliphatic heterocycles. The molecule has 0 saturated heterocycles. The van der Waals surface area contributed by atoms with Crippen LogP contribution in [-0.2, 0) is 14.6 Å². The summed E-state index contributed by atoms with van der Waals surface area (Å²) in [6.45, 7) is 18.5. The summed E-state index contributed by atoms with van der Waals surface area (Å²) in [7, 11) is -5.63. The van der Waals surface area contributed by atoms with Crippen molar-refractivity contribution in [1.82, 2.24) is 4.31 Å². The summed E-state index contributed by atoms with van der Waals surface area (Å²) in [6.07, 6.45) is 1.52. The Morgan fingerprint density at radius 2 is 1.81 bits per heavy atom. The van der Waals surface area contributed by atoms with Gasteiger partial charge < -0.3 is 4.53 Å². The van der Waals surface area contributed by atoms with Gasteiger partial charge in [-0.1, -0.05) is 50.6 Å². The minimum absolute atomic E-state index is 0.0374. The van der Waals surface area contributed by atoms with Crippen LogP contribution in [0.3, 0.4) is 0 Å². The van der Waals surface area contributed by atoms with Crippen LogP contribution < -0.4 is 0 Å². The summed E-state index contributed by atoms with van der Waals surface area (Å²) in [5.41, 5.74) is 1.78. The number of oxime groups is 1. The van der Waals surface area contributed by atoms with Gasteiger partial charge >= 0.3 is 0 Å². The van der Waals surface area contributed by atoms with Crippen LogP contribution in [0.4, 0.5) is 0 Å². The number of aryl methyl sites for hydroxylation is 1. The van der Waals surface area contributed by atoms with Gasteiger partial charge in [-0.05, 0) is 44.1 Å². The van der Waals surface area contributed by atoms with Gasteiger partial charge in [0, 0.05) is 6.54 Å². The van der Waals surface area contributed by atoms with Gasteiger partial charge in [0.05, 0.1) is 17.7 Å². The van der Waals surface area contributed by atoms with E-state index in [9.17, 15) is 8.42 Å². The standard InChI is InChI=1S/C19H32N2O3SSi/c1-16(2)15-21(14-13-20-24-26(7,8)19(4,5)6)25(22,23)18-11-9-17(3)10-12-18/h9-13H,1,14-15H2,2-8H3/b20-13+. The van der Waals surface area contributed by atoms with Crippen LogP contribution in [-0.4, -0.2) is 40.3 Å². The molecule has 0 radical (unpaired) electrons. The highest BCUT2D eigenvalue weighted by molar-refractivity contribution is 7.89. The van der Waals surface area contributed by atoms with E-state index in [2.05, 4.69) is 45.6 Å². The molecule has 0 atom stereocenters. The molecule has 0 saturated carbocycles. The van der Waals surface area contributed by atoms with Crippen molar-refractivity contribution in [2.24, 2.45) is 5.16 Å². The average Bonchev–Trinajstić information content (AvgIpc) is 2.49. The Hall–Kier alpha value is -1.44. The maximum atomic E-state index is 12.9. The second kappa shape index (κ2) is 8.50. The number of sulfonamides is 1. The normalized spacial score (nSPS) is 13.4. The Labute approximate surface area is 159 Å². The van der Waals surface area contributed by atoms with Crippen LogP contribution in [0.15, 0.2) is 46.5 Å². The van der Waals surface area contributed by atoms with Gasteiger partial charge in [0.2, 0.25) is 10.0 Å². The molecule has 1 aromatic carbocycles. The van der Waals surface area contributed by atoms with Crippen LogP contribution in [0.25, 0.3) is 0 Å². The monoisotopic (exact) mass is 396 g/mol. The fourth-order valence-electron chi connectivity index (χ4n) is 1.84. The quantitative estimate of drug-likeness (QED) is 0.280. The molecule has 0 bridgehead atoms. The lowest BCUT2D eigenvalue weighted by Crippen LogP contribution is -2.39. The molecule has 0 fully saturated rings. The van der Waals surface area contributed by atoms with E-state index in [1.165, 1.54) is 10.5 Å². The number of hydrogen-bond donors (Lipinski definition) is 0. The molecule has 7 heteroatoms. The van der Waals surface area contributed by atoms with Crippen molar-refractivity contribution in [3.05, 3.63) is 42.0 Å². The number of benzene rings is 1. The minimum Gasteiger partial charge on any atom is -0.455 e. The summed E-state index contributed by atoms with van der Waals surface area (Å²) >= 11 is 0. The van der Waals surface area contributed by atoms with E-state index in [-0.39, 0.29) is 23.0 Å². The Bertz CT molecular complexity index is 748. The fraction of sp³-hybridized carbons (Fsp3) is 0.526. The molecule has 0 amide bonds. The van der Waals surface area contributed by atoms with Crippen molar-refractivity contribution in [2.45, 2.75) is 57.6 Å². The third-order valence-corrected chi connectivity index (χ3v) is 10.6. The molecule has 0 unspecified atom stereocenters. The molecular formula is C19H32N2O3SSi. The lowest BCUT2D eigenvalue weighted by atomic mass is 10.2. The van der Waals surface area contributed by atoms with E-state index in [1.54, 1.807) is 31.2 Å². The lowest BCUT2D eigenvalue weighted by molar-refractivity contribution is 0.308. The van der Waals surface area contributed by atoms with Crippen molar-refractivity contribution >= 4 is 24.6 Å². The van der Waals surface area contributed by atoms with E-state index in [0.717, 1.165) is 11.1 Å². The van der Waals surface area contributed by atoms with Crippen molar-refractivity contribution in [2.75, 3.05) is 13.1 Å². The third kappa shape index (κ3) is 6.07. The highest BCUT2D eigenvalue weighted by atomic mass is 32.2. The summed E-state index contributed by atoms with van der Waals surface area (Å²) in [5, 5.41) is 4.12. The van der Waals surface area contributed by atoms with Crippen LogP contribution in [0.2, 0.25) is 18.1 Å². The highest BCUT2D eigenvalue weighted by Crippen LogP contribution is 2.36. The van der Waals surface area contributed by atoms with Crippen molar-refractivity contribution in [1.29, 1.82) is 0 Å². The van der Waals surface area contributed by atoms with Gasteiger partial charge in [0.1, 0.15) is 0 Å². The first kappa shape index (κ1) is 22.6. The van der Waals surface area contributed by atoms with E-state index in [1.807, 2.05) is 6.92 Å². The number of nitrogens with zero attached hydrogens (tertiary/aromatic N) is 2. The molecule has 0 aromatic heterocycles. The first-order valence-electron chi connectivity index (χ1n) is 8.68. The smallest absolute Gasteiger partial charge is 0.286 e. The predicted molar refractivity (Wildman–Crippen MR) is 112 cm³/mol. The maximum absolute atomic E-state index is 12.9. The molecule has 0 N–H and O–H groups in total. The zero-order chi connectivity index (χ0) is 20.2. The van der Waals surface area contributed by atoms with Gasteiger partial charge in [-0.15, -0.1) is 5.16 Å². The van der Waals surface area contributed by atoms with E-state index >= 15 is 0 Å². The molecule has 1 aromatic rings.